The van der Waals surface area contributed by atoms with Crippen molar-refractivity contribution in [3.63, 3.8) is 0 Å². The van der Waals surface area contributed by atoms with Gasteiger partial charge in [-0.2, -0.15) is 0 Å². The maximum absolute atomic E-state index is 13.6. The minimum absolute atomic E-state index is 0.0114. The molecule has 1 amide bonds. The fourth-order valence-corrected chi connectivity index (χ4v) is 3.46. The zero-order valence-corrected chi connectivity index (χ0v) is 13.6. The molecule has 0 aliphatic heterocycles. The van der Waals surface area contributed by atoms with Crippen LogP contribution in [-0.2, 0) is 11.2 Å². The molecule has 0 spiro atoms. The van der Waals surface area contributed by atoms with E-state index in [1.54, 1.807) is 18.5 Å². The third-order valence-electron chi connectivity index (χ3n) is 4.80. The topological polar surface area (TPSA) is 102 Å². The smallest absolute Gasteiger partial charge is 0.248 e. The van der Waals surface area contributed by atoms with Gasteiger partial charge in [0.25, 0.3) is 0 Å². The third kappa shape index (κ3) is 5.21. The fraction of sp³-hybridized carbons (Fsp3) is 0.647. The van der Waals surface area contributed by atoms with Gasteiger partial charge < -0.3 is 16.6 Å². The lowest BCUT2D eigenvalue weighted by atomic mass is 9.75. The SMILES string of the molecule is NC(=O)C(CC(O)C(N)Cc1cccnc1)C1CCCC(F)(F)C1. The van der Waals surface area contributed by atoms with E-state index in [9.17, 15) is 18.7 Å². The van der Waals surface area contributed by atoms with Crippen molar-refractivity contribution in [2.45, 2.75) is 56.6 Å². The third-order valence-corrected chi connectivity index (χ3v) is 4.80. The van der Waals surface area contributed by atoms with Crippen LogP contribution in [0.5, 0.6) is 0 Å². The number of alkyl halides is 2. The monoisotopic (exact) mass is 341 g/mol. The molecule has 134 valence electrons. The van der Waals surface area contributed by atoms with Gasteiger partial charge in [-0.1, -0.05) is 6.07 Å². The summed E-state index contributed by atoms with van der Waals surface area (Å²) in [6.45, 7) is 0. The highest BCUT2D eigenvalue weighted by Crippen LogP contribution is 2.41. The van der Waals surface area contributed by atoms with E-state index in [-0.39, 0.29) is 19.3 Å². The average Bonchev–Trinajstić information content (AvgIpc) is 2.52. The minimum atomic E-state index is -2.76. The van der Waals surface area contributed by atoms with Crippen molar-refractivity contribution in [2.24, 2.45) is 23.3 Å². The van der Waals surface area contributed by atoms with Crippen molar-refractivity contribution in [3.05, 3.63) is 30.1 Å². The molecule has 1 saturated carbocycles. The van der Waals surface area contributed by atoms with Gasteiger partial charge in [0.15, 0.2) is 0 Å². The second-order valence-corrected chi connectivity index (χ2v) is 6.75. The lowest BCUT2D eigenvalue weighted by molar-refractivity contribution is -0.128. The van der Waals surface area contributed by atoms with Gasteiger partial charge >= 0.3 is 0 Å². The summed E-state index contributed by atoms with van der Waals surface area (Å²) >= 11 is 0. The maximum Gasteiger partial charge on any atom is 0.248 e. The molecule has 1 aliphatic rings. The van der Waals surface area contributed by atoms with Crippen LogP contribution in [0.25, 0.3) is 0 Å². The van der Waals surface area contributed by atoms with Crippen LogP contribution in [0.1, 0.15) is 37.7 Å². The lowest BCUT2D eigenvalue weighted by Crippen LogP contribution is -2.43. The van der Waals surface area contributed by atoms with Gasteiger partial charge in [0, 0.05) is 37.2 Å². The van der Waals surface area contributed by atoms with Crippen LogP contribution >= 0.6 is 0 Å². The Kier molecular flexibility index (Phi) is 6.23. The van der Waals surface area contributed by atoms with E-state index >= 15 is 0 Å². The van der Waals surface area contributed by atoms with Crippen molar-refractivity contribution in [1.82, 2.24) is 4.98 Å². The number of nitrogens with zero attached hydrogens (tertiary/aromatic N) is 1. The molecule has 0 radical (unpaired) electrons. The molecule has 5 N–H and O–H groups in total. The highest BCUT2D eigenvalue weighted by molar-refractivity contribution is 5.77. The summed E-state index contributed by atoms with van der Waals surface area (Å²) < 4.78 is 27.2. The lowest BCUT2D eigenvalue weighted by Gasteiger charge is -2.34. The molecule has 2 rings (SSSR count). The van der Waals surface area contributed by atoms with Gasteiger partial charge in [-0.25, -0.2) is 8.78 Å². The second kappa shape index (κ2) is 7.98. The molecule has 1 aromatic rings. The molecule has 0 aromatic carbocycles. The first kappa shape index (κ1) is 18.7. The molecule has 1 heterocycles. The molecule has 4 unspecified atom stereocenters. The van der Waals surface area contributed by atoms with Gasteiger partial charge in [-0.05, 0) is 43.2 Å². The van der Waals surface area contributed by atoms with E-state index in [1.165, 1.54) is 0 Å². The molecular weight excluding hydrogens is 316 g/mol. The predicted octanol–water partition coefficient (Wildman–Crippen LogP) is 1.63. The number of carbonyl (C=O) groups excluding carboxylic acids is 1. The van der Waals surface area contributed by atoms with E-state index in [0.29, 0.717) is 19.3 Å². The summed E-state index contributed by atoms with van der Waals surface area (Å²) in [5.41, 5.74) is 12.3. The van der Waals surface area contributed by atoms with Crippen molar-refractivity contribution < 1.29 is 18.7 Å². The first-order valence-electron chi connectivity index (χ1n) is 8.28. The number of aliphatic hydroxyl groups excluding tert-OH is 1. The summed E-state index contributed by atoms with van der Waals surface area (Å²) in [6, 6.07) is 3.00. The summed E-state index contributed by atoms with van der Waals surface area (Å²) in [4.78, 5) is 15.7. The Morgan fingerprint density at radius 2 is 2.25 bits per heavy atom. The van der Waals surface area contributed by atoms with Crippen molar-refractivity contribution >= 4 is 5.91 Å². The standard InChI is InChI=1S/C17H25F2N3O2/c18-17(19)5-1-4-12(9-17)13(16(21)24)8-15(23)14(20)7-11-3-2-6-22-10-11/h2-3,6,10,12-15,23H,1,4-5,7-9,20H2,(H2,21,24). The Morgan fingerprint density at radius 1 is 1.50 bits per heavy atom. The number of aliphatic hydroxyl groups is 1. The minimum Gasteiger partial charge on any atom is -0.391 e. The van der Waals surface area contributed by atoms with Crippen LogP contribution in [0.3, 0.4) is 0 Å². The van der Waals surface area contributed by atoms with Crippen LogP contribution in [0.2, 0.25) is 0 Å². The van der Waals surface area contributed by atoms with Crippen molar-refractivity contribution in [3.8, 4) is 0 Å². The van der Waals surface area contributed by atoms with E-state index in [1.807, 2.05) is 6.07 Å². The number of halogens is 2. The van der Waals surface area contributed by atoms with Gasteiger partial charge in [-0.3, -0.25) is 9.78 Å². The van der Waals surface area contributed by atoms with Gasteiger partial charge in [0.1, 0.15) is 0 Å². The van der Waals surface area contributed by atoms with Crippen LogP contribution in [-0.4, -0.2) is 34.1 Å². The van der Waals surface area contributed by atoms with Crippen LogP contribution < -0.4 is 11.5 Å². The molecule has 5 nitrogen and oxygen atoms in total. The van der Waals surface area contributed by atoms with E-state index < -0.39 is 35.8 Å². The van der Waals surface area contributed by atoms with Crippen LogP contribution in [0.4, 0.5) is 8.78 Å². The van der Waals surface area contributed by atoms with Crippen LogP contribution in [0, 0.1) is 11.8 Å². The molecule has 1 fully saturated rings. The van der Waals surface area contributed by atoms with Crippen LogP contribution in [0.15, 0.2) is 24.5 Å². The molecule has 0 saturated heterocycles. The molecular formula is C17H25F2N3O2. The summed E-state index contributed by atoms with van der Waals surface area (Å²) in [5.74, 6) is -4.71. The first-order chi connectivity index (χ1) is 11.3. The molecule has 0 bridgehead atoms. The Morgan fingerprint density at radius 3 is 2.83 bits per heavy atom. The number of rotatable bonds is 7. The largest absolute Gasteiger partial charge is 0.391 e. The van der Waals surface area contributed by atoms with E-state index in [4.69, 9.17) is 11.5 Å². The normalized spacial score (nSPS) is 24.1. The number of pyridine rings is 1. The Bertz CT molecular complexity index is 542. The zero-order valence-electron chi connectivity index (χ0n) is 13.6. The second-order valence-electron chi connectivity index (χ2n) is 6.75. The fourth-order valence-electron chi connectivity index (χ4n) is 3.46. The first-order valence-corrected chi connectivity index (χ1v) is 8.28. The Labute approximate surface area is 140 Å². The van der Waals surface area contributed by atoms with Crippen molar-refractivity contribution in [1.29, 1.82) is 0 Å². The summed E-state index contributed by atoms with van der Waals surface area (Å²) in [7, 11) is 0. The molecule has 1 aromatic heterocycles. The molecule has 24 heavy (non-hydrogen) atoms. The molecule has 4 atom stereocenters. The number of nitrogens with two attached hydrogens (primary N) is 2. The van der Waals surface area contributed by atoms with Crippen molar-refractivity contribution in [2.75, 3.05) is 0 Å². The Hall–Kier alpha value is -1.60. The maximum atomic E-state index is 13.6. The molecule has 7 heteroatoms. The highest BCUT2D eigenvalue weighted by atomic mass is 19.3. The zero-order chi connectivity index (χ0) is 17.7. The average molecular weight is 341 g/mol. The number of carbonyl (C=O) groups is 1. The van der Waals surface area contributed by atoms with Gasteiger partial charge in [0.05, 0.1) is 6.10 Å². The summed E-state index contributed by atoms with van der Waals surface area (Å²) in [5, 5.41) is 10.3. The number of aromatic nitrogens is 1. The van der Waals surface area contributed by atoms with E-state index in [2.05, 4.69) is 4.98 Å². The number of amides is 1. The van der Waals surface area contributed by atoms with Gasteiger partial charge in [0.2, 0.25) is 11.8 Å². The molecule has 1 aliphatic carbocycles. The highest BCUT2D eigenvalue weighted by Gasteiger charge is 2.41. The van der Waals surface area contributed by atoms with E-state index in [0.717, 1.165) is 5.56 Å². The van der Waals surface area contributed by atoms with Gasteiger partial charge in [-0.15, -0.1) is 0 Å². The Balaban J connectivity index is 1.97. The number of hydrogen-bond donors (Lipinski definition) is 3. The quantitative estimate of drug-likeness (QED) is 0.701. The number of hydrogen-bond acceptors (Lipinski definition) is 4. The number of primary amides is 1. The summed E-state index contributed by atoms with van der Waals surface area (Å²) in [6.07, 6.45) is 3.07. The predicted molar refractivity (Wildman–Crippen MR) is 86.1 cm³/mol.